The molecule has 0 unspecified atom stereocenters. The second kappa shape index (κ2) is 10.3. The van der Waals surface area contributed by atoms with E-state index in [0.29, 0.717) is 5.02 Å². The number of halogens is 1. The maximum Gasteiger partial charge on any atom is 0.234 e. The molecule has 6 nitrogen and oxygen atoms in total. The van der Waals surface area contributed by atoms with Crippen molar-refractivity contribution in [2.75, 3.05) is 24.2 Å². The molecule has 0 spiro atoms. The number of carbonyl (C=O) groups is 1. The summed E-state index contributed by atoms with van der Waals surface area (Å²) < 4.78 is 2.07. The van der Waals surface area contributed by atoms with Crippen molar-refractivity contribution in [3.05, 3.63) is 64.9 Å². The molecule has 0 atom stereocenters. The summed E-state index contributed by atoms with van der Waals surface area (Å²) in [6.07, 6.45) is 3.75. The lowest BCUT2D eigenvalue weighted by atomic mass is 10.1. The minimum absolute atomic E-state index is 0.101. The van der Waals surface area contributed by atoms with Crippen molar-refractivity contribution in [3.63, 3.8) is 0 Å². The Labute approximate surface area is 192 Å². The van der Waals surface area contributed by atoms with Gasteiger partial charge in [-0.15, -0.1) is 10.2 Å². The highest BCUT2D eigenvalue weighted by Crippen LogP contribution is 2.25. The molecule has 31 heavy (non-hydrogen) atoms. The van der Waals surface area contributed by atoms with Crippen molar-refractivity contribution in [2.24, 2.45) is 0 Å². The average Bonchev–Trinajstić information content (AvgIpc) is 3.18. The number of nitrogens with one attached hydrogen (secondary N) is 1. The molecule has 0 radical (unpaired) electrons. The summed E-state index contributed by atoms with van der Waals surface area (Å²) in [6, 6.07) is 15.6. The van der Waals surface area contributed by atoms with E-state index in [1.54, 1.807) is 6.07 Å². The minimum Gasteiger partial charge on any atom is -0.325 e. The van der Waals surface area contributed by atoms with Crippen LogP contribution in [0.3, 0.4) is 0 Å². The Morgan fingerprint density at radius 1 is 1.10 bits per heavy atom. The van der Waals surface area contributed by atoms with Gasteiger partial charge < -0.3 is 5.32 Å². The summed E-state index contributed by atoms with van der Waals surface area (Å²) in [5.74, 6) is 1.04. The molecule has 1 aromatic heterocycles. The van der Waals surface area contributed by atoms with Gasteiger partial charge in [-0.2, -0.15) is 0 Å². The first-order chi connectivity index (χ1) is 15.1. The van der Waals surface area contributed by atoms with Gasteiger partial charge in [0.15, 0.2) is 11.0 Å². The number of hydrogen-bond acceptors (Lipinski definition) is 5. The van der Waals surface area contributed by atoms with Gasteiger partial charge in [-0.1, -0.05) is 54.0 Å². The molecule has 0 saturated carbocycles. The number of carbonyl (C=O) groups excluding carboxylic acids is 1. The van der Waals surface area contributed by atoms with E-state index in [-0.39, 0.29) is 11.7 Å². The van der Waals surface area contributed by atoms with E-state index in [4.69, 9.17) is 11.6 Å². The number of aromatic nitrogens is 3. The molecule has 1 fully saturated rings. The van der Waals surface area contributed by atoms with Gasteiger partial charge in [-0.25, -0.2) is 0 Å². The topological polar surface area (TPSA) is 63.1 Å². The zero-order chi connectivity index (χ0) is 21.6. The normalized spacial score (nSPS) is 14.5. The molecule has 1 N–H and O–H groups in total. The van der Waals surface area contributed by atoms with E-state index in [1.807, 2.05) is 49.4 Å². The maximum absolute atomic E-state index is 12.6. The van der Waals surface area contributed by atoms with Crippen LogP contribution >= 0.6 is 23.4 Å². The molecule has 3 aromatic rings. The number of anilines is 1. The lowest BCUT2D eigenvalue weighted by Gasteiger charge is -2.26. The van der Waals surface area contributed by atoms with Crippen molar-refractivity contribution in [2.45, 2.75) is 37.9 Å². The highest BCUT2D eigenvalue weighted by molar-refractivity contribution is 7.99. The number of nitrogens with zero attached hydrogens (tertiary/aromatic N) is 4. The summed E-state index contributed by atoms with van der Waals surface area (Å²) in [5, 5.41) is 13.2. The Morgan fingerprint density at radius 3 is 2.65 bits per heavy atom. The Hall–Kier alpha value is -2.35. The molecule has 0 aliphatic carbocycles. The number of likely N-dealkylation sites (tertiary alicyclic amines) is 1. The molecule has 8 heteroatoms. The standard InChI is InChI=1S/C23H26ClN5OS/c1-17-10-11-18(24)14-20(17)25-22(30)16-31-23-27-26-21(15-28-12-6-3-7-13-28)29(23)19-8-4-2-5-9-19/h2,4-5,8-11,14H,3,6-7,12-13,15-16H2,1H3,(H,25,30). The number of benzene rings is 2. The number of para-hydroxylation sites is 1. The van der Waals surface area contributed by atoms with Crippen LogP contribution < -0.4 is 5.32 Å². The molecule has 0 bridgehead atoms. The van der Waals surface area contributed by atoms with Gasteiger partial charge in [0.2, 0.25) is 5.91 Å². The fourth-order valence-corrected chi connectivity index (χ4v) is 4.64. The van der Waals surface area contributed by atoms with Crippen LogP contribution in [0.25, 0.3) is 5.69 Å². The predicted octanol–water partition coefficient (Wildman–Crippen LogP) is 4.95. The number of piperidine rings is 1. The predicted molar refractivity (Wildman–Crippen MR) is 126 cm³/mol. The third kappa shape index (κ3) is 5.67. The van der Waals surface area contributed by atoms with Gasteiger partial charge in [0.05, 0.1) is 12.3 Å². The smallest absolute Gasteiger partial charge is 0.234 e. The first-order valence-electron chi connectivity index (χ1n) is 10.5. The molecular weight excluding hydrogens is 430 g/mol. The third-order valence-corrected chi connectivity index (χ3v) is 6.50. The second-order valence-electron chi connectivity index (χ2n) is 7.70. The molecule has 2 aromatic carbocycles. The minimum atomic E-state index is -0.101. The molecule has 1 aliphatic rings. The number of hydrogen-bond donors (Lipinski definition) is 1. The van der Waals surface area contributed by atoms with Crippen LogP contribution in [0.5, 0.6) is 0 Å². The zero-order valence-corrected chi connectivity index (χ0v) is 19.1. The van der Waals surface area contributed by atoms with Crippen LogP contribution in [0, 0.1) is 6.92 Å². The average molecular weight is 456 g/mol. The SMILES string of the molecule is Cc1ccc(Cl)cc1NC(=O)CSc1nnc(CN2CCCCC2)n1-c1ccccc1. The van der Waals surface area contributed by atoms with Gasteiger partial charge in [0, 0.05) is 16.4 Å². The van der Waals surface area contributed by atoms with E-state index in [1.165, 1.54) is 31.0 Å². The molecule has 2 heterocycles. The van der Waals surface area contributed by atoms with Crippen molar-refractivity contribution < 1.29 is 4.79 Å². The van der Waals surface area contributed by atoms with Crippen LogP contribution in [0.15, 0.2) is 53.7 Å². The lowest BCUT2D eigenvalue weighted by Crippen LogP contribution is -2.30. The summed E-state index contributed by atoms with van der Waals surface area (Å²) in [5.41, 5.74) is 2.71. The van der Waals surface area contributed by atoms with E-state index in [9.17, 15) is 4.79 Å². The van der Waals surface area contributed by atoms with Gasteiger partial charge in [-0.3, -0.25) is 14.3 Å². The van der Waals surface area contributed by atoms with E-state index in [2.05, 4.69) is 25.0 Å². The number of aryl methyl sites for hydroxylation is 1. The lowest BCUT2D eigenvalue weighted by molar-refractivity contribution is -0.113. The first-order valence-corrected chi connectivity index (χ1v) is 11.9. The first kappa shape index (κ1) is 21.9. The Kier molecular flexibility index (Phi) is 7.27. The van der Waals surface area contributed by atoms with Crippen LogP contribution in [-0.4, -0.2) is 44.4 Å². The van der Waals surface area contributed by atoms with E-state index in [0.717, 1.165) is 47.6 Å². The van der Waals surface area contributed by atoms with Crippen molar-refractivity contribution in [1.29, 1.82) is 0 Å². The van der Waals surface area contributed by atoms with Crippen molar-refractivity contribution in [1.82, 2.24) is 19.7 Å². The van der Waals surface area contributed by atoms with E-state index < -0.39 is 0 Å². The highest BCUT2D eigenvalue weighted by Gasteiger charge is 2.19. The molecule has 162 valence electrons. The van der Waals surface area contributed by atoms with Crippen LogP contribution in [0.1, 0.15) is 30.7 Å². The quantitative estimate of drug-likeness (QED) is 0.511. The molecule has 1 saturated heterocycles. The Balaban J connectivity index is 1.49. The Bertz CT molecular complexity index is 1030. The van der Waals surface area contributed by atoms with Crippen LogP contribution in [0.4, 0.5) is 5.69 Å². The summed E-state index contributed by atoms with van der Waals surface area (Å²) in [7, 11) is 0. The summed E-state index contributed by atoms with van der Waals surface area (Å²) in [6.45, 7) is 4.88. The van der Waals surface area contributed by atoms with E-state index >= 15 is 0 Å². The highest BCUT2D eigenvalue weighted by atomic mass is 35.5. The maximum atomic E-state index is 12.6. The third-order valence-electron chi connectivity index (χ3n) is 5.33. The monoisotopic (exact) mass is 455 g/mol. The number of rotatable bonds is 7. The zero-order valence-electron chi connectivity index (χ0n) is 17.6. The molecule has 1 amide bonds. The van der Waals surface area contributed by atoms with Gasteiger partial charge in [0.1, 0.15) is 0 Å². The van der Waals surface area contributed by atoms with Gasteiger partial charge in [0.25, 0.3) is 0 Å². The summed E-state index contributed by atoms with van der Waals surface area (Å²) in [4.78, 5) is 15.0. The number of thioether (sulfide) groups is 1. The second-order valence-corrected chi connectivity index (χ2v) is 9.08. The Morgan fingerprint density at radius 2 is 1.87 bits per heavy atom. The fraction of sp³-hybridized carbons (Fsp3) is 0.348. The number of amides is 1. The molecular formula is C23H26ClN5OS. The van der Waals surface area contributed by atoms with Crippen molar-refractivity contribution in [3.8, 4) is 5.69 Å². The molecule has 1 aliphatic heterocycles. The largest absolute Gasteiger partial charge is 0.325 e. The molecule has 4 rings (SSSR count). The van der Waals surface area contributed by atoms with Crippen LogP contribution in [-0.2, 0) is 11.3 Å². The fourth-order valence-electron chi connectivity index (χ4n) is 3.70. The van der Waals surface area contributed by atoms with Gasteiger partial charge in [-0.05, 0) is 62.7 Å². The summed E-state index contributed by atoms with van der Waals surface area (Å²) >= 11 is 7.45. The van der Waals surface area contributed by atoms with Gasteiger partial charge >= 0.3 is 0 Å². The van der Waals surface area contributed by atoms with Crippen molar-refractivity contribution >= 4 is 35.0 Å². The van der Waals surface area contributed by atoms with Crippen LogP contribution in [0.2, 0.25) is 5.02 Å².